The van der Waals surface area contributed by atoms with Gasteiger partial charge in [0, 0.05) is 23.7 Å². The van der Waals surface area contributed by atoms with E-state index in [1.54, 1.807) is 0 Å². The zero-order chi connectivity index (χ0) is 13.8. The summed E-state index contributed by atoms with van der Waals surface area (Å²) in [4.78, 5) is 0. The van der Waals surface area contributed by atoms with E-state index in [0.29, 0.717) is 6.04 Å². The van der Waals surface area contributed by atoms with E-state index in [2.05, 4.69) is 55.1 Å². The third-order valence-corrected chi connectivity index (χ3v) is 4.25. The predicted molar refractivity (Wildman–Crippen MR) is 78.1 cm³/mol. The van der Waals surface area contributed by atoms with E-state index in [0.717, 1.165) is 25.1 Å². The minimum Gasteiger partial charge on any atom is -0.305 e. The van der Waals surface area contributed by atoms with Crippen molar-refractivity contribution in [3.05, 3.63) is 18.0 Å². The summed E-state index contributed by atoms with van der Waals surface area (Å²) < 4.78 is 2.08. The Balaban J connectivity index is 2.59. The van der Waals surface area contributed by atoms with E-state index >= 15 is 0 Å². The fourth-order valence-corrected chi connectivity index (χ4v) is 1.87. The van der Waals surface area contributed by atoms with Crippen LogP contribution in [0.25, 0.3) is 0 Å². The Hall–Kier alpha value is -0.540. The average Bonchev–Trinajstić information content (AvgIpc) is 2.77. The monoisotopic (exact) mass is 271 g/mol. The molecule has 1 aromatic heterocycles. The second-order valence-corrected chi connectivity index (χ2v) is 6.10. The quantitative estimate of drug-likeness (QED) is 0.766. The van der Waals surface area contributed by atoms with Gasteiger partial charge in [-0.1, -0.05) is 13.8 Å². The summed E-state index contributed by atoms with van der Waals surface area (Å²) in [6.45, 7) is 11.4. The summed E-state index contributed by atoms with van der Waals surface area (Å²) in [6, 6.07) is 2.60. The Labute approximate surface area is 116 Å². The average molecular weight is 272 g/mol. The Morgan fingerprint density at radius 3 is 2.50 bits per heavy atom. The van der Waals surface area contributed by atoms with E-state index in [1.165, 1.54) is 0 Å². The predicted octanol–water partition coefficient (Wildman–Crippen LogP) is 3.74. The Morgan fingerprint density at radius 2 is 2.00 bits per heavy atom. The minimum atomic E-state index is -0.0831. The van der Waals surface area contributed by atoms with Crippen LogP contribution in [0.5, 0.6) is 0 Å². The molecule has 18 heavy (non-hydrogen) atoms. The molecule has 1 aromatic rings. The van der Waals surface area contributed by atoms with Gasteiger partial charge >= 0.3 is 0 Å². The number of rotatable bonds is 7. The molecule has 104 valence electrons. The third-order valence-electron chi connectivity index (χ3n) is 3.70. The SMILES string of the molecule is CCC(CC)n1ccc(CNC(C)(C)C(C)Cl)n1. The van der Waals surface area contributed by atoms with Gasteiger partial charge < -0.3 is 5.32 Å². The summed E-state index contributed by atoms with van der Waals surface area (Å²) in [5, 5.41) is 8.16. The van der Waals surface area contributed by atoms with Crippen molar-refractivity contribution in [3.8, 4) is 0 Å². The summed E-state index contributed by atoms with van der Waals surface area (Å²) in [5.41, 5.74) is 0.993. The maximum absolute atomic E-state index is 6.15. The first-order valence-electron chi connectivity index (χ1n) is 6.83. The van der Waals surface area contributed by atoms with Gasteiger partial charge in [-0.25, -0.2) is 0 Å². The third kappa shape index (κ3) is 3.99. The van der Waals surface area contributed by atoms with E-state index < -0.39 is 0 Å². The molecule has 1 N–H and O–H groups in total. The number of nitrogens with one attached hydrogen (secondary N) is 1. The van der Waals surface area contributed by atoms with Crippen LogP contribution < -0.4 is 5.32 Å². The molecule has 4 heteroatoms. The highest BCUT2D eigenvalue weighted by atomic mass is 35.5. The van der Waals surface area contributed by atoms with Crippen molar-refractivity contribution in [1.82, 2.24) is 15.1 Å². The first kappa shape index (κ1) is 15.5. The molecular weight excluding hydrogens is 246 g/mol. The van der Waals surface area contributed by atoms with Crippen molar-refractivity contribution in [1.29, 1.82) is 0 Å². The van der Waals surface area contributed by atoms with Crippen molar-refractivity contribution in [2.45, 2.75) is 71.0 Å². The molecule has 0 fully saturated rings. The second-order valence-electron chi connectivity index (χ2n) is 5.45. The van der Waals surface area contributed by atoms with Crippen LogP contribution in [0, 0.1) is 0 Å². The van der Waals surface area contributed by atoms with Crippen LogP contribution in [0.2, 0.25) is 0 Å². The second kappa shape index (κ2) is 6.58. The van der Waals surface area contributed by atoms with Crippen LogP contribution in [0.3, 0.4) is 0 Å². The van der Waals surface area contributed by atoms with Gasteiger partial charge in [0.2, 0.25) is 0 Å². The zero-order valence-corrected chi connectivity index (χ0v) is 13.0. The lowest BCUT2D eigenvalue weighted by atomic mass is 10.0. The van der Waals surface area contributed by atoms with E-state index in [-0.39, 0.29) is 10.9 Å². The normalized spacial score (nSPS) is 14.2. The van der Waals surface area contributed by atoms with Crippen LogP contribution in [0.15, 0.2) is 12.3 Å². The summed E-state index contributed by atoms with van der Waals surface area (Å²) in [6.07, 6.45) is 4.32. The molecule has 1 heterocycles. The van der Waals surface area contributed by atoms with E-state index in [9.17, 15) is 0 Å². The van der Waals surface area contributed by atoms with Gasteiger partial charge in [-0.3, -0.25) is 4.68 Å². The van der Waals surface area contributed by atoms with Crippen LogP contribution in [0.4, 0.5) is 0 Å². The molecule has 0 aromatic carbocycles. The first-order chi connectivity index (χ1) is 8.40. The molecule has 0 aliphatic rings. The van der Waals surface area contributed by atoms with Gasteiger partial charge in [0.1, 0.15) is 0 Å². The van der Waals surface area contributed by atoms with Crippen molar-refractivity contribution < 1.29 is 0 Å². The molecule has 3 nitrogen and oxygen atoms in total. The lowest BCUT2D eigenvalue weighted by Crippen LogP contribution is -2.45. The van der Waals surface area contributed by atoms with Crippen LogP contribution in [-0.2, 0) is 6.54 Å². The van der Waals surface area contributed by atoms with Gasteiger partial charge in [0.05, 0.1) is 11.7 Å². The Bertz CT molecular complexity index is 354. The molecule has 0 bridgehead atoms. The summed E-state index contributed by atoms with van der Waals surface area (Å²) in [7, 11) is 0. The smallest absolute Gasteiger partial charge is 0.0762 e. The molecule has 1 rings (SSSR count). The molecule has 0 radical (unpaired) electrons. The molecule has 0 aliphatic heterocycles. The fraction of sp³-hybridized carbons (Fsp3) is 0.786. The van der Waals surface area contributed by atoms with E-state index in [4.69, 9.17) is 11.6 Å². The first-order valence-corrected chi connectivity index (χ1v) is 7.27. The summed E-state index contributed by atoms with van der Waals surface area (Å²) in [5.74, 6) is 0. The molecule has 0 saturated heterocycles. The molecular formula is C14H26ClN3. The van der Waals surface area contributed by atoms with Gasteiger partial charge in [0.25, 0.3) is 0 Å². The van der Waals surface area contributed by atoms with Crippen molar-refractivity contribution in [2.24, 2.45) is 0 Å². The Morgan fingerprint density at radius 1 is 1.39 bits per heavy atom. The zero-order valence-electron chi connectivity index (χ0n) is 12.2. The lowest BCUT2D eigenvalue weighted by Gasteiger charge is -2.28. The standard InChI is InChI=1S/C14H26ClN3/c1-6-13(7-2)18-9-8-12(17-18)10-16-14(4,5)11(3)15/h8-9,11,13,16H,6-7,10H2,1-5H3. The maximum Gasteiger partial charge on any atom is 0.0762 e. The van der Waals surface area contributed by atoms with Gasteiger partial charge in [-0.05, 0) is 39.7 Å². The highest BCUT2D eigenvalue weighted by molar-refractivity contribution is 6.21. The number of hydrogen-bond donors (Lipinski definition) is 1. The van der Waals surface area contributed by atoms with Gasteiger partial charge in [-0.15, -0.1) is 11.6 Å². The number of hydrogen-bond acceptors (Lipinski definition) is 2. The topological polar surface area (TPSA) is 29.9 Å². The fourth-order valence-electron chi connectivity index (χ4n) is 1.80. The number of nitrogens with zero attached hydrogens (tertiary/aromatic N) is 2. The van der Waals surface area contributed by atoms with Gasteiger partial charge in [-0.2, -0.15) is 5.10 Å². The lowest BCUT2D eigenvalue weighted by molar-refractivity contribution is 0.373. The molecule has 0 aliphatic carbocycles. The molecule has 0 amide bonds. The van der Waals surface area contributed by atoms with Crippen LogP contribution in [0.1, 0.15) is 59.2 Å². The minimum absolute atomic E-state index is 0.0821. The molecule has 1 atom stereocenters. The van der Waals surface area contributed by atoms with Crippen LogP contribution in [-0.4, -0.2) is 20.7 Å². The van der Waals surface area contributed by atoms with Crippen molar-refractivity contribution in [2.75, 3.05) is 0 Å². The molecule has 0 saturated carbocycles. The summed E-state index contributed by atoms with van der Waals surface area (Å²) >= 11 is 6.15. The highest BCUT2D eigenvalue weighted by Gasteiger charge is 2.23. The molecule has 0 spiro atoms. The number of halogens is 1. The van der Waals surface area contributed by atoms with E-state index in [1.807, 2.05) is 6.92 Å². The van der Waals surface area contributed by atoms with Crippen molar-refractivity contribution in [3.63, 3.8) is 0 Å². The highest BCUT2D eigenvalue weighted by Crippen LogP contribution is 2.17. The Kier molecular flexibility index (Phi) is 5.67. The largest absolute Gasteiger partial charge is 0.305 e. The number of alkyl halides is 1. The van der Waals surface area contributed by atoms with Crippen LogP contribution >= 0.6 is 11.6 Å². The van der Waals surface area contributed by atoms with Crippen molar-refractivity contribution >= 4 is 11.6 Å². The number of aromatic nitrogens is 2. The maximum atomic E-state index is 6.15. The van der Waals surface area contributed by atoms with Gasteiger partial charge in [0.15, 0.2) is 0 Å². The molecule has 1 unspecified atom stereocenters.